The van der Waals surface area contributed by atoms with Crippen molar-refractivity contribution < 1.29 is 9.50 Å². The molecule has 0 amide bonds. The molecule has 0 aliphatic carbocycles. The van der Waals surface area contributed by atoms with Gasteiger partial charge in [-0.05, 0) is 18.6 Å². The van der Waals surface area contributed by atoms with Crippen LogP contribution >= 0.6 is 11.6 Å². The van der Waals surface area contributed by atoms with Gasteiger partial charge in [0, 0.05) is 23.6 Å². The molecule has 4 heteroatoms. The lowest BCUT2D eigenvalue weighted by molar-refractivity contribution is 0.131. The number of hydrogen-bond donors (Lipinski definition) is 2. The van der Waals surface area contributed by atoms with Crippen molar-refractivity contribution in [1.82, 2.24) is 0 Å². The lowest BCUT2D eigenvalue weighted by Crippen LogP contribution is -2.33. The van der Waals surface area contributed by atoms with Crippen LogP contribution in [0.2, 0.25) is 5.02 Å². The Kier molecular flexibility index (Phi) is 3.94. The number of aliphatic hydroxyl groups is 1. The smallest absolute Gasteiger partial charge is 0.129 e. The van der Waals surface area contributed by atoms with Gasteiger partial charge >= 0.3 is 0 Å². The molecule has 0 radical (unpaired) electrons. The van der Waals surface area contributed by atoms with Gasteiger partial charge in [-0.25, -0.2) is 4.39 Å². The van der Waals surface area contributed by atoms with Crippen LogP contribution in [0.1, 0.15) is 31.0 Å². The summed E-state index contributed by atoms with van der Waals surface area (Å²) in [6.07, 6.45) is 0. The molecule has 3 N–H and O–H groups in total. The van der Waals surface area contributed by atoms with Gasteiger partial charge in [0.05, 0.1) is 5.02 Å². The van der Waals surface area contributed by atoms with Crippen LogP contribution in [0.5, 0.6) is 0 Å². The number of benzene rings is 1. The Morgan fingerprint density at radius 3 is 2.56 bits per heavy atom. The maximum absolute atomic E-state index is 13.7. The van der Waals surface area contributed by atoms with Gasteiger partial charge in [0.1, 0.15) is 5.82 Å². The molecular weight excluding hydrogens is 229 g/mol. The highest BCUT2D eigenvalue weighted by Crippen LogP contribution is 2.37. The van der Waals surface area contributed by atoms with Crippen LogP contribution in [0.3, 0.4) is 0 Å². The zero-order valence-electron chi connectivity index (χ0n) is 9.72. The molecule has 1 aromatic rings. The Hall–Kier alpha value is -0.640. The fraction of sp³-hybridized carbons (Fsp3) is 0.500. The van der Waals surface area contributed by atoms with E-state index in [9.17, 15) is 9.50 Å². The third kappa shape index (κ3) is 2.37. The second kappa shape index (κ2) is 4.70. The van der Waals surface area contributed by atoms with E-state index in [2.05, 4.69) is 0 Å². The van der Waals surface area contributed by atoms with Gasteiger partial charge in [0.25, 0.3) is 0 Å². The van der Waals surface area contributed by atoms with Crippen LogP contribution in [-0.2, 0) is 0 Å². The van der Waals surface area contributed by atoms with Crippen LogP contribution in [-0.4, -0.2) is 11.7 Å². The van der Waals surface area contributed by atoms with Gasteiger partial charge in [0.2, 0.25) is 0 Å². The summed E-state index contributed by atoms with van der Waals surface area (Å²) in [5, 5.41) is 9.57. The van der Waals surface area contributed by atoms with E-state index in [4.69, 9.17) is 17.3 Å². The molecule has 0 saturated heterocycles. The van der Waals surface area contributed by atoms with Gasteiger partial charge in [-0.1, -0.05) is 31.5 Å². The van der Waals surface area contributed by atoms with Crippen molar-refractivity contribution in [2.45, 2.75) is 26.8 Å². The summed E-state index contributed by atoms with van der Waals surface area (Å²) in [6.45, 7) is 5.22. The normalized spacial score (nSPS) is 13.9. The van der Waals surface area contributed by atoms with E-state index < -0.39 is 17.3 Å². The topological polar surface area (TPSA) is 46.2 Å². The third-order valence-corrected chi connectivity index (χ3v) is 3.38. The summed E-state index contributed by atoms with van der Waals surface area (Å²) in [5.74, 6) is -0.426. The predicted octanol–water partition coefficient (Wildman–Crippen LogP) is 2.81. The molecule has 1 aromatic carbocycles. The van der Waals surface area contributed by atoms with Gasteiger partial charge in [0.15, 0.2) is 0 Å². The van der Waals surface area contributed by atoms with Gasteiger partial charge in [-0.2, -0.15) is 0 Å². The summed E-state index contributed by atoms with van der Waals surface area (Å²) in [4.78, 5) is 0. The second-order valence-corrected chi connectivity index (χ2v) is 5.09. The lowest BCUT2D eigenvalue weighted by Gasteiger charge is -2.30. The Balaban J connectivity index is 3.28. The van der Waals surface area contributed by atoms with E-state index in [1.807, 2.05) is 0 Å². The standard InChI is InChI=1S/C12H17ClFNO/c1-7-4-5-8(14)9(10(7)13)11(15)12(2,3)6-16/h4-5,11,16H,6,15H2,1-3H3/t11-/m0/s1. The first-order valence-corrected chi connectivity index (χ1v) is 5.50. The highest BCUT2D eigenvalue weighted by Gasteiger charge is 2.31. The van der Waals surface area contributed by atoms with Crippen LogP contribution in [0, 0.1) is 18.2 Å². The first-order chi connectivity index (χ1) is 7.31. The number of nitrogens with two attached hydrogens (primary N) is 1. The molecule has 1 atom stereocenters. The van der Waals surface area contributed by atoms with Crippen molar-refractivity contribution in [3.8, 4) is 0 Å². The molecule has 0 unspecified atom stereocenters. The number of halogens is 2. The molecule has 0 saturated carbocycles. The SMILES string of the molecule is Cc1ccc(F)c([C@H](N)C(C)(C)CO)c1Cl. The summed E-state index contributed by atoms with van der Waals surface area (Å²) in [7, 11) is 0. The molecular formula is C12H17ClFNO. The van der Waals surface area contributed by atoms with E-state index in [1.165, 1.54) is 6.07 Å². The minimum Gasteiger partial charge on any atom is -0.396 e. The number of rotatable bonds is 3. The third-order valence-electron chi connectivity index (χ3n) is 2.88. The molecule has 0 bridgehead atoms. The monoisotopic (exact) mass is 245 g/mol. The van der Waals surface area contributed by atoms with Gasteiger partial charge in [-0.15, -0.1) is 0 Å². The minimum atomic E-state index is -0.634. The van der Waals surface area contributed by atoms with E-state index in [0.717, 1.165) is 5.56 Å². The quantitative estimate of drug-likeness (QED) is 0.860. The van der Waals surface area contributed by atoms with Crippen LogP contribution < -0.4 is 5.73 Å². The lowest BCUT2D eigenvalue weighted by atomic mass is 9.81. The Morgan fingerprint density at radius 1 is 1.50 bits per heavy atom. The average molecular weight is 246 g/mol. The molecule has 0 aliphatic heterocycles. The van der Waals surface area contributed by atoms with E-state index in [-0.39, 0.29) is 12.2 Å². The Bertz CT molecular complexity index is 393. The first kappa shape index (κ1) is 13.4. The molecule has 0 fully saturated rings. The van der Waals surface area contributed by atoms with E-state index >= 15 is 0 Å². The largest absolute Gasteiger partial charge is 0.396 e. The maximum Gasteiger partial charge on any atom is 0.129 e. The van der Waals surface area contributed by atoms with Gasteiger partial charge < -0.3 is 10.8 Å². The van der Waals surface area contributed by atoms with Crippen LogP contribution in [0.4, 0.5) is 4.39 Å². The van der Waals surface area contributed by atoms with Crippen molar-refractivity contribution in [2.75, 3.05) is 6.61 Å². The molecule has 0 heterocycles. The summed E-state index contributed by atoms with van der Waals surface area (Å²) in [5.41, 5.74) is 6.41. The Labute approximate surface area is 100 Å². The number of hydrogen-bond acceptors (Lipinski definition) is 2. The van der Waals surface area contributed by atoms with Gasteiger partial charge in [-0.3, -0.25) is 0 Å². The molecule has 90 valence electrons. The van der Waals surface area contributed by atoms with Crippen molar-refractivity contribution in [3.05, 3.63) is 34.1 Å². The average Bonchev–Trinajstić information content (AvgIpc) is 2.24. The minimum absolute atomic E-state index is 0.127. The van der Waals surface area contributed by atoms with Crippen LogP contribution in [0.25, 0.3) is 0 Å². The second-order valence-electron chi connectivity index (χ2n) is 4.72. The fourth-order valence-corrected chi connectivity index (χ4v) is 1.72. The molecule has 0 spiro atoms. The van der Waals surface area contributed by atoms with Crippen molar-refractivity contribution in [1.29, 1.82) is 0 Å². The molecule has 0 aromatic heterocycles. The Morgan fingerprint density at radius 2 is 2.06 bits per heavy atom. The number of aryl methyl sites for hydroxylation is 1. The van der Waals surface area contributed by atoms with Crippen molar-refractivity contribution in [2.24, 2.45) is 11.1 Å². The number of aliphatic hydroxyl groups excluding tert-OH is 1. The fourth-order valence-electron chi connectivity index (χ4n) is 1.45. The maximum atomic E-state index is 13.7. The summed E-state index contributed by atoms with van der Waals surface area (Å²) in [6, 6.07) is 2.33. The van der Waals surface area contributed by atoms with Crippen molar-refractivity contribution >= 4 is 11.6 Å². The van der Waals surface area contributed by atoms with E-state index in [0.29, 0.717) is 5.02 Å². The predicted molar refractivity (Wildman–Crippen MR) is 63.9 cm³/mol. The van der Waals surface area contributed by atoms with Crippen molar-refractivity contribution in [3.63, 3.8) is 0 Å². The molecule has 0 aliphatic rings. The summed E-state index contributed by atoms with van der Waals surface area (Å²) >= 11 is 6.05. The van der Waals surface area contributed by atoms with E-state index in [1.54, 1.807) is 26.8 Å². The van der Waals surface area contributed by atoms with Crippen LogP contribution in [0.15, 0.2) is 12.1 Å². The molecule has 1 rings (SSSR count). The summed E-state index contributed by atoms with van der Waals surface area (Å²) < 4.78 is 13.7. The first-order valence-electron chi connectivity index (χ1n) is 5.12. The highest BCUT2D eigenvalue weighted by molar-refractivity contribution is 6.32. The molecule has 16 heavy (non-hydrogen) atoms. The zero-order valence-corrected chi connectivity index (χ0v) is 10.5. The highest BCUT2D eigenvalue weighted by atomic mass is 35.5. The zero-order chi connectivity index (χ0) is 12.5. The molecule has 2 nitrogen and oxygen atoms in total.